The molecule has 0 aromatic rings. The van der Waals surface area contributed by atoms with Gasteiger partial charge >= 0.3 is 5.97 Å². The molecule has 1 aliphatic rings. The average Bonchev–Trinajstić information content (AvgIpc) is 2.28. The molecule has 0 bridgehead atoms. The van der Waals surface area contributed by atoms with Gasteiger partial charge in [0, 0.05) is 0 Å². The van der Waals surface area contributed by atoms with Crippen molar-refractivity contribution in [3.8, 4) is 0 Å². The predicted octanol–water partition coefficient (Wildman–Crippen LogP) is 3.15. The average molecular weight is 256 g/mol. The van der Waals surface area contributed by atoms with Crippen LogP contribution in [0.4, 0.5) is 0 Å². The highest BCUT2D eigenvalue weighted by molar-refractivity contribution is 5.79. The van der Waals surface area contributed by atoms with E-state index in [4.69, 9.17) is 4.74 Å². The maximum absolute atomic E-state index is 11.8. The zero-order valence-corrected chi connectivity index (χ0v) is 12.5. The van der Waals surface area contributed by atoms with Crippen LogP contribution in [-0.2, 0) is 9.53 Å². The van der Waals surface area contributed by atoms with Crippen molar-refractivity contribution in [1.29, 1.82) is 0 Å². The molecule has 0 aromatic carbocycles. The van der Waals surface area contributed by atoms with Crippen molar-refractivity contribution in [3.05, 3.63) is 0 Å². The van der Waals surface area contributed by atoms with E-state index in [-0.39, 0.29) is 5.92 Å². The van der Waals surface area contributed by atoms with Crippen LogP contribution in [-0.4, -0.2) is 23.3 Å². The molecular formula is C15H28O3. The van der Waals surface area contributed by atoms with Crippen LogP contribution in [0.2, 0.25) is 0 Å². The Kier molecular flexibility index (Phi) is 4.82. The largest absolute Gasteiger partial charge is 0.464 e. The molecule has 3 heteroatoms. The molecule has 1 rings (SSSR count). The van der Waals surface area contributed by atoms with Crippen LogP contribution in [0.3, 0.4) is 0 Å². The Hall–Kier alpha value is -0.570. The molecular weight excluding hydrogens is 228 g/mol. The molecule has 0 saturated heterocycles. The number of carbonyl (C=O) groups excluding carboxylic acids is 1. The Morgan fingerprint density at radius 2 is 1.56 bits per heavy atom. The summed E-state index contributed by atoms with van der Waals surface area (Å²) in [6.07, 6.45) is 3.99. The molecule has 1 aliphatic carbocycles. The lowest BCUT2D eigenvalue weighted by atomic mass is 9.66. The van der Waals surface area contributed by atoms with Gasteiger partial charge in [0.15, 0.2) is 5.60 Å². The maximum atomic E-state index is 11.8. The second kappa shape index (κ2) is 5.60. The molecule has 1 unspecified atom stereocenters. The summed E-state index contributed by atoms with van der Waals surface area (Å²) < 4.78 is 4.97. The van der Waals surface area contributed by atoms with Crippen LogP contribution in [0.1, 0.15) is 60.3 Å². The molecule has 0 amide bonds. The van der Waals surface area contributed by atoms with Gasteiger partial charge in [0.25, 0.3) is 0 Å². The molecule has 0 heterocycles. The quantitative estimate of drug-likeness (QED) is 0.789. The molecule has 1 fully saturated rings. The number of hydrogen-bond donors (Lipinski definition) is 1. The molecule has 1 N–H and O–H groups in total. The molecule has 0 spiro atoms. The molecule has 1 atom stereocenters. The minimum Gasteiger partial charge on any atom is -0.464 e. The van der Waals surface area contributed by atoms with Gasteiger partial charge in [0.1, 0.15) is 0 Å². The number of esters is 1. The van der Waals surface area contributed by atoms with Crippen LogP contribution < -0.4 is 0 Å². The van der Waals surface area contributed by atoms with E-state index in [1.165, 1.54) is 0 Å². The van der Waals surface area contributed by atoms with Crippen molar-refractivity contribution < 1.29 is 14.6 Å². The first-order chi connectivity index (χ1) is 8.19. The monoisotopic (exact) mass is 256 g/mol. The van der Waals surface area contributed by atoms with Crippen molar-refractivity contribution in [2.45, 2.75) is 65.9 Å². The number of ether oxygens (including phenoxy) is 1. The Morgan fingerprint density at radius 3 is 1.94 bits per heavy atom. The van der Waals surface area contributed by atoms with Gasteiger partial charge in [-0.1, -0.05) is 20.8 Å². The molecule has 106 valence electrons. The third kappa shape index (κ3) is 3.47. The summed E-state index contributed by atoms with van der Waals surface area (Å²) in [5, 5.41) is 10.4. The number of aliphatic hydroxyl groups is 1. The predicted molar refractivity (Wildman–Crippen MR) is 72.2 cm³/mol. The van der Waals surface area contributed by atoms with Crippen LogP contribution in [0.5, 0.6) is 0 Å². The molecule has 18 heavy (non-hydrogen) atoms. The third-order valence-corrected chi connectivity index (χ3v) is 4.44. The van der Waals surface area contributed by atoms with E-state index in [0.29, 0.717) is 17.9 Å². The van der Waals surface area contributed by atoms with E-state index >= 15 is 0 Å². The van der Waals surface area contributed by atoms with Crippen LogP contribution in [0.15, 0.2) is 0 Å². The van der Waals surface area contributed by atoms with E-state index in [1.54, 1.807) is 13.8 Å². The SMILES string of the molecule is CCOC(=O)C(C)(O)C1CCC(C(C)(C)C)CC1. The Bertz CT molecular complexity index is 281. The van der Waals surface area contributed by atoms with E-state index in [1.807, 2.05) is 0 Å². The van der Waals surface area contributed by atoms with Gasteiger partial charge in [-0.3, -0.25) is 0 Å². The molecule has 0 radical (unpaired) electrons. The lowest BCUT2D eigenvalue weighted by Gasteiger charge is -2.40. The van der Waals surface area contributed by atoms with Crippen molar-refractivity contribution in [3.63, 3.8) is 0 Å². The van der Waals surface area contributed by atoms with Gasteiger partial charge in [-0.2, -0.15) is 0 Å². The zero-order chi connectivity index (χ0) is 14.0. The highest BCUT2D eigenvalue weighted by atomic mass is 16.5. The first-order valence-electron chi connectivity index (χ1n) is 7.09. The fourth-order valence-corrected chi connectivity index (χ4v) is 2.97. The maximum Gasteiger partial charge on any atom is 0.338 e. The molecule has 0 aliphatic heterocycles. The van der Waals surface area contributed by atoms with Gasteiger partial charge in [-0.25, -0.2) is 4.79 Å². The van der Waals surface area contributed by atoms with Gasteiger partial charge in [-0.05, 0) is 56.8 Å². The summed E-state index contributed by atoms with van der Waals surface area (Å²) in [6.45, 7) is 10.5. The first-order valence-corrected chi connectivity index (χ1v) is 7.09. The van der Waals surface area contributed by atoms with Crippen molar-refractivity contribution in [2.75, 3.05) is 6.61 Å². The third-order valence-electron chi connectivity index (χ3n) is 4.44. The second-order valence-corrected chi connectivity index (χ2v) is 6.78. The van der Waals surface area contributed by atoms with Crippen LogP contribution in [0.25, 0.3) is 0 Å². The van der Waals surface area contributed by atoms with E-state index in [2.05, 4.69) is 20.8 Å². The van der Waals surface area contributed by atoms with Gasteiger partial charge in [0.05, 0.1) is 6.61 Å². The molecule has 0 aromatic heterocycles. The highest BCUT2D eigenvalue weighted by Gasteiger charge is 2.43. The fourth-order valence-electron chi connectivity index (χ4n) is 2.97. The topological polar surface area (TPSA) is 46.5 Å². The molecule has 1 saturated carbocycles. The highest BCUT2D eigenvalue weighted by Crippen LogP contribution is 2.43. The summed E-state index contributed by atoms with van der Waals surface area (Å²) in [6, 6.07) is 0. The van der Waals surface area contributed by atoms with Crippen molar-refractivity contribution in [1.82, 2.24) is 0 Å². The van der Waals surface area contributed by atoms with E-state index < -0.39 is 11.6 Å². The van der Waals surface area contributed by atoms with Crippen LogP contribution >= 0.6 is 0 Å². The fraction of sp³-hybridized carbons (Fsp3) is 0.933. The summed E-state index contributed by atoms with van der Waals surface area (Å²) >= 11 is 0. The smallest absolute Gasteiger partial charge is 0.338 e. The van der Waals surface area contributed by atoms with Crippen LogP contribution in [0, 0.1) is 17.3 Å². The van der Waals surface area contributed by atoms with Crippen molar-refractivity contribution >= 4 is 5.97 Å². The first kappa shape index (κ1) is 15.5. The van der Waals surface area contributed by atoms with E-state index in [9.17, 15) is 9.90 Å². The minimum atomic E-state index is -1.32. The summed E-state index contributed by atoms with van der Waals surface area (Å²) in [5.41, 5.74) is -1.00. The van der Waals surface area contributed by atoms with Gasteiger partial charge < -0.3 is 9.84 Å². The Balaban J connectivity index is 2.59. The number of carbonyl (C=O) groups is 1. The summed E-state index contributed by atoms with van der Waals surface area (Å²) in [4.78, 5) is 11.8. The van der Waals surface area contributed by atoms with E-state index in [0.717, 1.165) is 25.7 Å². The van der Waals surface area contributed by atoms with Gasteiger partial charge in [0.2, 0.25) is 0 Å². The van der Waals surface area contributed by atoms with Gasteiger partial charge in [-0.15, -0.1) is 0 Å². The lowest BCUT2D eigenvalue weighted by molar-refractivity contribution is -0.171. The van der Waals surface area contributed by atoms with Crippen molar-refractivity contribution in [2.24, 2.45) is 17.3 Å². The number of hydrogen-bond acceptors (Lipinski definition) is 3. The summed E-state index contributed by atoms with van der Waals surface area (Å²) in [5.74, 6) is 0.256. The zero-order valence-electron chi connectivity index (χ0n) is 12.5. The summed E-state index contributed by atoms with van der Waals surface area (Å²) in [7, 11) is 0. The number of rotatable bonds is 3. The second-order valence-electron chi connectivity index (χ2n) is 6.78. The standard InChI is InChI=1S/C15H28O3/c1-6-18-13(16)15(5,17)12-9-7-11(8-10-12)14(2,3)4/h11-12,17H,6-10H2,1-5H3. The Labute approximate surface area is 111 Å². The lowest BCUT2D eigenvalue weighted by Crippen LogP contribution is -2.46. The Morgan fingerprint density at radius 1 is 1.11 bits per heavy atom. The normalized spacial score (nSPS) is 28.6. The minimum absolute atomic E-state index is 0.0372. The molecule has 3 nitrogen and oxygen atoms in total.